The first kappa shape index (κ1) is 18.8. The maximum Gasteiger partial charge on any atom is 0.572 e. The number of nitrogens with one attached hydrogen (secondary N) is 1. The van der Waals surface area contributed by atoms with E-state index in [0.29, 0.717) is 6.54 Å². The molecule has 0 aromatic rings. The fourth-order valence-corrected chi connectivity index (χ4v) is 3.10. The molecule has 0 bridgehead atoms. The van der Waals surface area contributed by atoms with Crippen LogP contribution in [0.2, 0.25) is 0 Å². The quantitative estimate of drug-likeness (QED) is 0.750. The molecule has 0 spiro atoms. The highest BCUT2D eigenvalue weighted by Gasteiger charge is 2.44. The number of likely N-dealkylation sites (tertiary alicyclic amines) is 1. The Morgan fingerprint density at radius 1 is 1.33 bits per heavy atom. The molecule has 2 aliphatic rings. The maximum absolute atomic E-state index is 12.5. The normalized spacial score (nSPS) is 25.2. The molecular formula is C17H25F3N2O2. The molecule has 0 radical (unpaired) electrons. The topological polar surface area (TPSA) is 41.6 Å². The summed E-state index contributed by atoms with van der Waals surface area (Å²) in [5.41, 5.74) is -1.32. The number of hydrogen-bond acceptors (Lipinski definition) is 3. The molecule has 1 aliphatic heterocycles. The van der Waals surface area contributed by atoms with Crippen LogP contribution in [0.3, 0.4) is 0 Å². The van der Waals surface area contributed by atoms with Crippen molar-refractivity contribution in [2.75, 3.05) is 26.2 Å². The molecule has 1 aliphatic carbocycles. The third-order valence-corrected chi connectivity index (χ3v) is 4.57. The Morgan fingerprint density at radius 3 is 2.71 bits per heavy atom. The second kappa shape index (κ2) is 8.05. The molecule has 2 rings (SSSR count). The van der Waals surface area contributed by atoms with E-state index in [0.717, 1.165) is 26.1 Å². The van der Waals surface area contributed by atoms with Crippen molar-refractivity contribution in [2.24, 2.45) is 5.41 Å². The minimum Gasteiger partial charge on any atom is -0.409 e. The Kier molecular flexibility index (Phi) is 6.32. The van der Waals surface area contributed by atoms with Gasteiger partial charge in [0.05, 0.1) is 0 Å². The molecule has 0 aromatic heterocycles. The van der Waals surface area contributed by atoms with Crippen LogP contribution in [0.4, 0.5) is 13.2 Å². The number of carbonyl (C=O) groups is 1. The van der Waals surface area contributed by atoms with Gasteiger partial charge in [0, 0.05) is 6.54 Å². The summed E-state index contributed by atoms with van der Waals surface area (Å²) in [5.74, 6) is -0.785. The van der Waals surface area contributed by atoms with Crippen molar-refractivity contribution >= 4 is 5.91 Å². The van der Waals surface area contributed by atoms with Crippen molar-refractivity contribution in [3.8, 4) is 0 Å². The smallest absolute Gasteiger partial charge is 0.409 e. The molecule has 1 saturated heterocycles. The van der Waals surface area contributed by atoms with E-state index in [9.17, 15) is 18.0 Å². The van der Waals surface area contributed by atoms with Gasteiger partial charge in [-0.2, -0.15) is 0 Å². The van der Waals surface area contributed by atoms with Gasteiger partial charge in [-0.3, -0.25) is 4.79 Å². The number of hydrogen-bond donors (Lipinski definition) is 1. The van der Waals surface area contributed by atoms with Crippen LogP contribution >= 0.6 is 0 Å². The van der Waals surface area contributed by atoms with E-state index in [1.165, 1.54) is 38.3 Å². The molecular weight excluding hydrogens is 321 g/mol. The lowest BCUT2D eigenvalue weighted by molar-refractivity contribution is -0.310. The molecule has 1 unspecified atom stereocenters. The van der Waals surface area contributed by atoms with Crippen LogP contribution in [-0.4, -0.2) is 43.3 Å². The van der Waals surface area contributed by atoms with Gasteiger partial charge < -0.3 is 15.0 Å². The monoisotopic (exact) mass is 346 g/mol. The van der Waals surface area contributed by atoms with Gasteiger partial charge in [-0.05, 0) is 58.3 Å². The van der Waals surface area contributed by atoms with E-state index in [1.54, 1.807) is 6.08 Å². The Balaban J connectivity index is 1.83. The van der Waals surface area contributed by atoms with Gasteiger partial charge in [-0.15, -0.1) is 13.2 Å². The van der Waals surface area contributed by atoms with E-state index in [2.05, 4.69) is 15.0 Å². The molecule has 24 heavy (non-hydrogen) atoms. The van der Waals surface area contributed by atoms with E-state index in [4.69, 9.17) is 0 Å². The van der Waals surface area contributed by atoms with E-state index >= 15 is 0 Å². The van der Waals surface area contributed by atoms with Gasteiger partial charge >= 0.3 is 6.36 Å². The fourth-order valence-electron chi connectivity index (χ4n) is 3.10. The molecule has 136 valence electrons. The van der Waals surface area contributed by atoms with E-state index < -0.39 is 17.7 Å². The van der Waals surface area contributed by atoms with E-state index in [1.807, 2.05) is 0 Å². The predicted octanol–water partition coefficient (Wildman–Crippen LogP) is 3.37. The first-order chi connectivity index (χ1) is 11.3. The summed E-state index contributed by atoms with van der Waals surface area (Å²) in [6.07, 6.45) is 4.23. The van der Waals surface area contributed by atoms with Crippen LogP contribution in [0.25, 0.3) is 0 Å². The predicted molar refractivity (Wildman–Crippen MR) is 85.0 cm³/mol. The van der Waals surface area contributed by atoms with Gasteiger partial charge in [-0.25, -0.2) is 0 Å². The van der Waals surface area contributed by atoms with Crippen molar-refractivity contribution in [2.45, 2.75) is 45.4 Å². The Bertz CT molecular complexity index is 497. The third-order valence-electron chi connectivity index (χ3n) is 4.57. The van der Waals surface area contributed by atoms with Crippen molar-refractivity contribution in [1.29, 1.82) is 0 Å². The zero-order valence-corrected chi connectivity index (χ0v) is 14.0. The van der Waals surface area contributed by atoms with Gasteiger partial charge in [0.1, 0.15) is 11.2 Å². The van der Waals surface area contributed by atoms with Crippen LogP contribution in [-0.2, 0) is 9.53 Å². The van der Waals surface area contributed by atoms with Crippen LogP contribution in [0.1, 0.15) is 39.0 Å². The van der Waals surface area contributed by atoms with Crippen molar-refractivity contribution in [3.63, 3.8) is 0 Å². The maximum atomic E-state index is 12.5. The lowest BCUT2D eigenvalue weighted by Gasteiger charge is -2.32. The van der Waals surface area contributed by atoms with Crippen LogP contribution in [0, 0.1) is 5.41 Å². The van der Waals surface area contributed by atoms with Crippen molar-refractivity contribution < 1.29 is 22.7 Å². The number of amides is 1. The van der Waals surface area contributed by atoms with Crippen LogP contribution in [0.15, 0.2) is 24.0 Å². The minimum absolute atomic E-state index is 0.187. The Morgan fingerprint density at radius 2 is 2.04 bits per heavy atom. The lowest BCUT2D eigenvalue weighted by atomic mass is 9.80. The molecule has 1 atom stereocenters. The van der Waals surface area contributed by atoms with Gasteiger partial charge in [0.15, 0.2) is 0 Å². The summed E-state index contributed by atoms with van der Waals surface area (Å²) in [6, 6.07) is 0. The Labute approximate surface area is 140 Å². The van der Waals surface area contributed by atoms with Crippen LogP contribution in [0.5, 0.6) is 0 Å². The molecule has 0 aromatic carbocycles. The molecule has 0 saturated carbocycles. The lowest BCUT2D eigenvalue weighted by Crippen LogP contribution is -2.43. The average molecular weight is 346 g/mol. The second-order valence-electron chi connectivity index (χ2n) is 6.55. The highest BCUT2D eigenvalue weighted by atomic mass is 19.4. The van der Waals surface area contributed by atoms with Crippen LogP contribution < -0.4 is 5.32 Å². The standard InChI is InChI=1S/C17H25F3N2O2/c1-16(9-4-3-8-14(16)24-17(18,19)20)15(23)21-10-7-13-22-11-5-2-6-12-22/h3-4,8H,2,5-7,9-13H2,1H3,(H,21,23). The first-order valence-corrected chi connectivity index (χ1v) is 8.45. The summed E-state index contributed by atoms with van der Waals surface area (Å²) in [5, 5.41) is 2.76. The molecule has 1 amide bonds. The largest absolute Gasteiger partial charge is 0.572 e. The number of halogens is 3. The fraction of sp³-hybridized carbons (Fsp3) is 0.706. The highest BCUT2D eigenvalue weighted by Crippen LogP contribution is 2.38. The zero-order chi connectivity index (χ0) is 17.6. The minimum atomic E-state index is -4.80. The zero-order valence-electron chi connectivity index (χ0n) is 14.0. The third kappa shape index (κ3) is 5.26. The van der Waals surface area contributed by atoms with Gasteiger partial charge in [0.25, 0.3) is 0 Å². The highest BCUT2D eigenvalue weighted by molar-refractivity contribution is 5.85. The summed E-state index contributed by atoms with van der Waals surface area (Å²) in [7, 11) is 0. The van der Waals surface area contributed by atoms with Crippen molar-refractivity contribution in [1.82, 2.24) is 10.2 Å². The summed E-state index contributed by atoms with van der Waals surface area (Å²) >= 11 is 0. The number of nitrogens with zero attached hydrogens (tertiary/aromatic N) is 1. The summed E-state index contributed by atoms with van der Waals surface area (Å²) < 4.78 is 41.7. The number of carbonyl (C=O) groups excluding carboxylic acids is 1. The average Bonchev–Trinajstić information content (AvgIpc) is 2.53. The van der Waals surface area contributed by atoms with Gasteiger partial charge in [-0.1, -0.05) is 18.6 Å². The molecule has 1 fully saturated rings. The second-order valence-corrected chi connectivity index (χ2v) is 6.55. The van der Waals surface area contributed by atoms with Crippen molar-refractivity contribution in [3.05, 3.63) is 24.0 Å². The molecule has 1 N–H and O–H groups in total. The number of allylic oxidation sites excluding steroid dienone is 3. The summed E-state index contributed by atoms with van der Waals surface area (Å²) in [4.78, 5) is 14.8. The number of rotatable bonds is 6. The molecule has 4 nitrogen and oxygen atoms in total. The van der Waals surface area contributed by atoms with Gasteiger partial charge in [0.2, 0.25) is 5.91 Å². The Hall–Kier alpha value is -1.50. The summed E-state index contributed by atoms with van der Waals surface area (Å²) in [6.45, 7) is 5.01. The van der Waals surface area contributed by atoms with E-state index in [-0.39, 0.29) is 12.2 Å². The SMILES string of the molecule is CC1(C(=O)NCCCN2CCCCC2)CC=CC=C1OC(F)(F)F. The number of piperidine rings is 1. The number of ether oxygens (including phenoxy) is 1. The number of alkyl halides is 3. The molecule has 7 heteroatoms. The molecule has 1 heterocycles. The first-order valence-electron chi connectivity index (χ1n) is 8.45.